The molecule has 0 bridgehead atoms. The van der Waals surface area contributed by atoms with Crippen LogP contribution in [0.15, 0.2) is 30.6 Å². The van der Waals surface area contributed by atoms with Gasteiger partial charge in [-0.25, -0.2) is 4.52 Å². The number of nitrogens with zero attached hydrogens (tertiary/aromatic N) is 2. The van der Waals surface area contributed by atoms with Crippen molar-refractivity contribution in [2.45, 2.75) is 39.0 Å². The number of hydrogen-bond donors (Lipinski definition) is 1. The van der Waals surface area contributed by atoms with Crippen LogP contribution in [0.3, 0.4) is 0 Å². The molecule has 1 atom stereocenters. The van der Waals surface area contributed by atoms with E-state index in [1.807, 2.05) is 23.0 Å². The molecule has 0 saturated heterocycles. The smallest absolute Gasteiger partial charge is 0.0893 e. The molecule has 1 aliphatic carbocycles. The van der Waals surface area contributed by atoms with Crippen LogP contribution in [0.1, 0.15) is 39.0 Å². The Morgan fingerprint density at radius 2 is 2.32 bits per heavy atom. The third kappa shape index (κ3) is 3.09. The molecule has 102 valence electrons. The van der Waals surface area contributed by atoms with Crippen molar-refractivity contribution >= 4 is 11.2 Å². The van der Waals surface area contributed by atoms with E-state index in [0.29, 0.717) is 0 Å². The lowest BCUT2D eigenvalue weighted by Gasteiger charge is -2.15. The molecule has 3 nitrogen and oxygen atoms in total. The normalized spacial score (nSPS) is 16.7. The summed E-state index contributed by atoms with van der Waals surface area (Å²) in [6, 6.07) is 6.18. The molecule has 0 aromatic carbocycles. The quantitative estimate of drug-likeness (QED) is 0.813. The maximum absolute atomic E-state index is 4.36. The van der Waals surface area contributed by atoms with Gasteiger partial charge in [0.15, 0.2) is 0 Å². The lowest BCUT2D eigenvalue weighted by atomic mass is 9.98. The van der Waals surface area contributed by atoms with Crippen LogP contribution in [0.4, 0.5) is 5.69 Å². The average Bonchev–Trinajstić information content (AvgIpc) is 3.19. The van der Waals surface area contributed by atoms with E-state index in [-0.39, 0.29) is 0 Å². The van der Waals surface area contributed by atoms with E-state index in [2.05, 4.69) is 29.5 Å². The minimum absolute atomic E-state index is 0.791. The van der Waals surface area contributed by atoms with Gasteiger partial charge in [0.05, 0.1) is 17.4 Å². The van der Waals surface area contributed by atoms with Gasteiger partial charge in [0.1, 0.15) is 0 Å². The van der Waals surface area contributed by atoms with Gasteiger partial charge in [-0.15, -0.1) is 0 Å². The fourth-order valence-corrected chi connectivity index (χ4v) is 2.65. The van der Waals surface area contributed by atoms with Crippen LogP contribution in [-0.2, 0) is 0 Å². The summed E-state index contributed by atoms with van der Waals surface area (Å²) in [5.41, 5.74) is 2.32. The minimum atomic E-state index is 0.791. The standard InChI is InChI=1S/C16H23N3/c1-2-13(6-7-14-8-9-14)11-17-15-12-18-19-10-4-3-5-16(15)19/h3-5,10,12-14,17H,2,6-9,11H2,1H3. The van der Waals surface area contributed by atoms with Crippen molar-refractivity contribution in [1.29, 1.82) is 0 Å². The van der Waals surface area contributed by atoms with Crippen molar-refractivity contribution in [3.05, 3.63) is 30.6 Å². The van der Waals surface area contributed by atoms with E-state index in [9.17, 15) is 0 Å². The zero-order chi connectivity index (χ0) is 13.1. The van der Waals surface area contributed by atoms with E-state index in [0.717, 1.165) is 24.1 Å². The monoisotopic (exact) mass is 257 g/mol. The van der Waals surface area contributed by atoms with Crippen molar-refractivity contribution in [3.63, 3.8) is 0 Å². The van der Waals surface area contributed by atoms with Gasteiger partial charge in [-0.05, 0) is 30.4 Å². The van der Waals surface area contributed by atoms with Gasteiger partial charge in [-0.1, -0.05) is 38.7 Å². The number of anilines is 1. The summed E-state index contributed by atoms with van der Waals surface area (Å²) >= 11 is 0. The summed E-state index contributed by atoms with van der Waals surface area (Å²) in [4.78, 5) is 0. The Kier molecular flexibility index (Phi) is 3.72. The van der Waals surface area contributed by atoms with Crippen LogP contribution < -0.4 is 5.32 Å². The van der Waals surface area contributed by atoms with Gasteiger partial charge in [-0.2, -0.15) is 5.10 Å². The highest BCUT2D eigenvalue weighted by atomic mass is 15.2. The number of nitrogens with one attached hydrogen (secondary N) is 1. The molecule has 19 heavy (non-hydrogen) atoms. The Morgan fingerprint density at radius 1 is 1.42 bits per heavy atom. The molecular formula is C16H23N3. The molecule has 1 aliphatic rings. The summed E-state index contributed by atoms with van der Waals surface area (Å²) < 4.78 is 1.92. The molecule has 1 fully saturated rings. The molecule has 0 aliphatic heterocycles. The maximum atomic E-state index is 4.36. The molecule has 1 N–H and O–H groups in total. The van der Waals surface area contributed by atoms with Crippen molar-refractivity contribution in [1.82, 2.24) is 9.61 Å². The van der Waals surface area contributed by atoms with E-state index >= 15 is 0 Å². The first kappa shape index (κ1) is 12.5. The second-order valence-corrected chi connectivity index (χ2v) is 5.76. The predicted molar refractivity (Wildman–Crippen MR) is 79.4 cm³/mol. The van der Waals surface area contributed by atoms with E-state index in [1.54, 1.807) is 0 Å². The van der Waals surface area contributed by atoms with E-state index in [4.69, 9.17) is 0 Å². The fourth-order valence-electron chi connectivity index (χ4n) is 2.65. The molecule has 0 radical (unpaired) electrons. The second-order valence-electron chi connectivity index (χ2n) is 5.76. The average molecular weight is 257 g/mol. The fraction of sp³-hybridized carbons (Fsp3) is 0.562. The lowest BCUT2D eigenvalue weighted by molar-refractivity contribution is 0.460. The number of fused-ring (bicyclic) bond motifs is 1. The zero-order valence-corrected chi connectivity index (χ0v) is 11.7. The van der Waals surface area contributed by atoms with Crippen LogP contribution in [0, 0.1) is 11.8 Å². The minimum Gasteiger partial charge on any atom is -0.382 e. The largest absolute Gasteiger partial charge is 0.382 e. The zero-order valence-electron chi connectivity index (χ0n) is 11.7. The molecule has 0 amide bonds. The lowest BCUT2D eigenvalue weighted by Crippen LogP contribution is -2.13. The second kappa shape index (κ2) is 5.64. The van der Waals surface area contributed by atoms with Crippen LogP contribution in [0.2, 0.25) is 0 Å². The summed E-state index contributed by atoms with van der Waals surface area (Å²) in [6.45, 7) is 3.37. The van der Waals surface area contributed by atoms with Gasteiger partial charge in [-0.3, -0.25) is 0 Å². The highest BCUT2D eigenvalue weighted by molar-refractivity contribution is 5.70. The van der Waals surface area contributed by atoms with Crippen molar-refractivity contribution in [2.24, 2.45) is 11.8 Å². The Morgan fingerprint density at radius 3 is 3.11 bits per heavy atom. The Bertz CT molecular complexity index is 528. The number of aromatic nitrogens is 2. The van der Waals surface area contributed by atoms with Gasteiger partial charge in [0.2, 0.25) is 0 Å². The van der Waals surface area contributed by atoms with Crippen LogP contribution >= 0.6 is 0 Å². The van der Waals surface area contributed by atoms with Crippen LogP contribution in [0.5, 0.6) is 0 Å². The van der Waals surface area contributed by atoms with Gasteiger partial charge >= 0.3 is 0 Å². The molecule has 0 spiro atoms. The van der Waals surface area contributed by atoms with Crippen molar-refractivity contribution < 1.29 is 0 Å². The Hall–Kier alpha value is -1.51. The van der Waals surface area contributed by atoms with Crippen molar-refractivity contribution in [3.8, 4) is 0 Å². The SMILES string of the molecule is CCC(CCC1CC1)CNc1cnn2ccccc12. The summed E-state index contributed by atoms with van der Waals surface area (Å²) in [7, 11) is 0. The molecular weight excluding hydrogens is 234 g/mol. The summed E-state index contributed by atoms with van der Waals surface area (Å²) in [5.74, 6) is 1.84. The molecule has 1 saturated carbocycles. The van der Waals surface area contributed by atoms with Crippen LogP contribution in [-0.4, -0.2) is 16.2 Å². The number of pyridine rings is 1. The Labute approximate surface area is 115 Å². The first-order valence-corrected chi connectivity index (χ1v) is 7.53. The first-order valence-electron chi connectivity index (χ1n) is 7.53. The highest BCUT2D eigenvalue weighted by Crippen LogP contribution is 2.35. The van der Waals surface area contributed by atoms with Gasteiger partial charge in [0.25, 0.3) is 0 Å². The molecule has 2 aromatic rings. The molecule has 2 heterocycles. The topological polar surface area (TPSA) is 29.3 Å². The molecule has 2 aromatic heterocycles. The van der Waals surface area contributed by atoms with E-state index < -0.39 is 0 Å². The van der Waals surface area contributed by atoms with Gasteiger partial charge < -0.3 is 5.32 Å². The summed E-state index contributed by atoms with van der Waals surface area (Å²) in [6.07, 6.45) is 10.9. The summed E-state index contributed by atoms with van der Waals surface area (Å²) in [5, 5.41) is 7.94. The molecule has 3 rings (SSSR count). The molecule has 3 heteroatoms. The van der Waals surface area contributed by atoms with Crippen molar-refractivity contribution in [2.75, 3.05) is 11.9 Å². The first-order chi connectivity index (χ1) is 9.36. The Balaban J connectivity index is 1.57. The van der Waals surface area contributed by atoms with E-state index in [1.165, 1.54) is 37.6 Å². The third-order valence-electron chi connectivity index (χ3n) is 4.27. The van der Waals surface area contributed by atoms with Crippen LogP contribution in [0.25, 0.3) is 5.52 Å². The van der Waals surface area contributed by atoms with Gasteiger partial charge in [0, 0.05) is 12.7 Å². The highest BCUT2D eigenvalue weighted by Gasteiger charge is 2.22. The predicted octanol–water partition coefficient (Wildman–Crippen LogP) is 3.96. The molecule has 1 unspecified atom stereocenters. The third-order valence-corrected chi connectivity index (χ3v) is 4.27. The number of hydrogen-bond acceptors (Lipinski definition) is 2. The maximum Gasteiger partial charge on any atom is 0.0893 e. The number of rotatable bonds is 7.